The molecule has 1 amide bonds. The second-order valence-corrected chi connectivity index (χ2v) is 8.44. The molecule has 11 heteroatoms. The molecule has 3 aromatic rings. The molecule has 1 aromatic carbocycles. The number of ether oxygens (including phenoxy) is 1. The van der Waals surface area contributed by atoms with E-state index >= 15 is 0 Å². The largest absolute Gasteiger partial charge is 0.469 e. The van der Waals surface area contributed by atoms with E-state index in [9.17, 15) is 19.6 Å². The number of imidazole rings is 1. The first-order valence-electron chi connectivity index (χ1n) is 11.1. The van der Waals surface area contributed by atoms with E-state index in [-0.39, 0.29) is 46.2 Å². The minimum atomic E-state index is -0.480. The summed E-state index contributed by atoms with van der Waals surface area (Å²) in [6, 6.07) is 8.68. The molecule has 0 bridgehead atoms. The summed E-state index contributed by atoms with van der Waals surface area (Å²) in [5.41, 5.74) is 2.02. The van der Waals surface area contributed by atoms with Crippen LogP contribution in [-0.2, 0) is 23.1 Å². The number of terminal acetylenes is 1. The van der Waals surface area contributed by atoms with Gasteiger partial charge in [0.15, 0.2) is 0 Å². The normalized spacial score (nSPS) is 11.4. The summed E-state index contributed by atoms with van der Waals surface area (Å²) in [5.74, 6) is 1.23. The summed E-state index contributed by atoms with van der Waals surface area (Å²) in [4.78, 5) is 41.1. The molecule has 2 heterocycles. The Hall–Kier alpha value is -4.28. The van der Waals surface area contributed by atoms with Gasteiger partial charge in [-0.25, -0.2) is 9.78 Å². The number of aromatic nitrogens is 3. The summed E-state index contributed by atoms with van der Waals surface area (Å²) in [6.45, 7) is 2.32. The smallest absolute Gasteiger partial charge is 0.328 e. The van der Waals surface area contributed by atoms with Crippen LogP contribution in [0.15, 0.2) is 29.1 Å². The van der Waals surface area contributed by atoms with Crippen LogP contribution in [-0.4, -0.2) is 39.6 Å². The maximum absolute atomic E-state index is 12.8. The lowest BCUT2D eigenvalue weighted by Gasteiger charge is -2.13. The van der Waals surface area contributed by atoms with Crippen LogP contribution in [0.2, 0.25) is 5.15 Å². The third kappa shape index (κ3) is 5.51. The minimum Gasteiger partial charge on any atom is -0.469 e. The number of rotatable bonds is 9. The van der Waals surface area contributed by atoms with E-state index in [1.807, 2.05) is 6.07 Å². The van der Waals surface area contributed by atoms with Crippen LogP contribution in [0.25, 0.3) is 11.0 Å². The Kier molecular flexibility index (Phi) is 8.36. The summed E-state index contributed by atoms with van der Waals surface area (Å²) >= 11 is 6.19. The van der Waals surface area contributed by atoms with E-state index in [4.69, 9.17) is 22.8 Å². The molecule has 0 spiro atoms. The van der Waals surface area contributed by atoms with E-state index in [1.165, 1.54) is 17.7 Å². The molecule has 36 heavy (non-hydrogen) atoms. The first-order valence-corrected chi connectivity index (χ1v) is 11.5. The molecule has 0 radical (unpaired) electrons. The second-order valence-electron chi connectivity index (χ2n) is 8.08. The fourth-order valence-corrected chi connectivity index (χ4v) is 3.91. The average Bonchev–Trinajstić information content (AvgIpc) is 3.10. The van der Waals surface area contributed by atoms with Crippen molar-refractivity contribution in [3.63, 3.8) is 0 Å². The maximum Gasteiger partial charge on any atom is 0.328 e. The molecule has 0 aliphatic heterocycles. The van der Waals surface area contributed by atoms with Crippen LogP contribution in [0, 0.1) is 29.6 Å². The maximum atomic E-state index is 12.8. The van der Waals surface area contributed by atoms with Crippen molar-refractivity contribution < 1.29 is 14.3 Å². The van der Waals surface area contributed by atoms with E-state index in [0.717, 1.165) is 0 Å². The van der Waals surface area contributed by atoms with Crippen LogP contribution < -0.4 is 16.3 Å². The average molecular weight is 509 g/mol. The number of pyridine rings is 1. The number of fused-ring (bicyclic) bond motifs is 1. The van der Waals surface area contributed by atoms with Crippen LogP contribution in [0.1, 0.15) is 35.8 Å². The molecule has 0 fully saturated rings. The Bertz CT molecular complexity index is 1460. The molecule has 0 aliphatic carbocycles. The fourth-order valence-electron chi connectivity index (χ4n) is 3.68. The Morgan fingerprint density at radius 3 is 2.72 bits per heavy atom. The lowest BCUT2D eigenvalue weighted by atomic mass is 10.1. The molecule has 2 aromatic heterocycles. The van der Waals surface area contributed by atoms with Crippen molar-refractivity contribution in [3.8, 4) is 18.4 Å². The number of carbonyl (C=O) groups excluding carboxylic acids is 2. The summed E-state index contributed by atoms with van der Waals surface area (Å²) < 4.78 is 7.87. The predicted octanol–water partition coefficient (Wildman–Crippen LogP) is 2.96. The van der Waals surface area contributed by atoms with Gasteiger partial charge in [-0.1, -0.05) is 18.5 Å². The highest BCUT2D eigenvalue weighted by molar-refractivity contribution is 6.31. The highest BCUT2D eigenvalue weighted by Gasteiger charge is 2.18. The van der Waals surface area contributed by atoms with Crippen molar-refractivity contribution in [2.75, 3.05) is 19.0 Å². The Balaban J connectivity index is 1.96. The SMILES string of the molecule is C#CCCNC(=O)c1cc(Nc2ccc3c(c2)n(CCC(C)C(=O)OC)c(=O)n3C)c(C#N)c(Cl)n1. The fraction of sp³-hybridized carbons (Fsp3) is 0.320. The summed E-state index contributed by atoms with van der Waals surface area (Å²) in [5, 5.41) is 15.2. The van der Waals surface area contributed by atoms with Crippen molar-refractivity contribution >= 4 is 45.9 Å². The zero-order chi connectivity index (χ0) is 26.4. The Morgan fingerprint density at radius 1 is 1.31 bits per heavy atom. The van der Waals surface area contributed by atoms with Gasteiger partial charge in [-0.05, 0) is 30.7 Å². The lowest BCUT2D eigenvalue weighted by molar-refractivity contribution is -0.145. The van der Waals surface area contributed by atoms with Gasteiger partial charge >= 0.3 is 11.7 Å². The van der Waals surface area contributed by atoms with E-state index < -0.39 is 5.91 Å². The van der Waals surface area contributed by atoms with Gasteiger partial charge in [-0.2, -0.15) is 5.26 Å². The number of halogens is 1. The number of hydrogen-bond donors (Lipinski definition) is 2. The van der Waals surface area contributed by atoms with E-state index in [0.29, 0.717) is 36.1 Å². The number of amides is 1. The van der Waals surface area contributed by atoms with Crippen LogP contribution >= 0.6 is 11.6 Å². The molecule has 3 rings (SSSR count). The number of hydrogen-bond acceptors (Lipinski definition) is 7. The second kappa shape index (κ2) is 11.4. The van der Waals surface area contributed by atoms with E-state index in [1.54, 1.807) is 36.7 Å². The predicted molar refractivity (Wildman–Crippen MR) is 136 cm³/mol. The Morgan fingerprint density at radius 2 is 2.06 bits per heavy atom. The number of aryl methyl sites for hydroxylation is 2. The first kappa shape index (κ1) is 26.3. The molecule has 186 valence electrons. The topological polar surface area (TPSA) is 131 Å². The van der Waals surface area contributed by atoms with Crippen molar-refractivity contribution in [2.24, 2.45) is 13.0 Å². The number of anilines is 2. The van der Waals surface area contributed by atoms with Crippen LogP contribution in [0.5, 0.6) is 0 Å². The third-order valence-electron chi connectivity index (χ3n) is 5.69. The highest BCUT2D eigenvalue weighted by atomic mass is 35.5. The lowest BCUT2D eigenvalue weighted by Crippen LogP contribution is -2.25. The molecule has 2 N–H and O–H groups in total. The standard InChI is InChI=1S/C25H25ClN6O4/c1-5-6-10-28-23(33)19-13-18(17(14-27)22(26)30-19)29-16-7-8-20-21(12-16)32(25(35)31(20)3)11-9-15(2)24(34)36-4/h1,7-8,12-13,15H,6,9-11H2,2-4H3,(H,28,33)(H,29,30). The van der Waals surface area contributed by atoms with Crippen molar-refractivity contribution in [2.45, 2.75) is 26.3 Å². The molecule has 0 aliphatic rings. The van der Waals surface area contributed by atoms with Gasteiger partial charge in [-0.3, -0.25) is 18.7 Å². The highest BCUT2D eigenvalue weighted by Crippen LogP contribution is 2.28. The van der Waals surface area contributed by atoms with Crippen molar-refractivity contribution in [1.82, 2.24) is 19.4 Å². The molecule has 0 saturated carbocycles. The number of nitrogens with one attached hydrogen (secondary N) is 2. The van der Waals surface area contributed by atoms with Gasteiger partial charge in [0.25, 0.3) is 5.91 Å². The van der Waals surface area contributed by atoms with E-state index in [2.05, 4.69) is 21.5 Å². The number of benzene rings is 1. The van der Waals surface area contributed by atoms with Gasteiger partial charge in [0.2, 0.25) is 0 Å². The molecule has 10 nitrogen and oxygen atoms in total. The van der Waals surface area contributed by atoms with Gasteiger partial charge < -0.3 is 15.4 Å². The molecular weight excluding hydrogens is 484 g/mol. The molecule has 1 unspecified atom stereocenters. The zero-order valence-electron chi connectivity index (χ0n) is 20.1. The van der Waals surface area contributed by atoms with Crippen LogP contribution in [0.4, 0.5) is 11.4 Å². The number of carbonyl (C=O) groups is 2. The third-order valence-corrected chi connectivity index (χ3v) is 5.96. The van der Waals surface area contributed by atoms with Crippen LogP contribution in [0.3, 0.4) is 0 Å². The zero-order valence-corrected chi connectivity index (χ0v) is 20.8. The van der Waals surface area contributed by atoms with Gasteiger partial charge in [0.1, 0.15) is 22.5 Å². The molecule has 1 atom stereocenters. The van der Waals surface area contributed by atoms with Gasteiger partial charge in [0.05, 0.1) is 29.7 Å². The number of nitriles is 1. The number of nitrogens with zero attached hydrogens (tertiary/aromatic N) is 4. The quantitative estimate of drug-likeness (QED) is 0.196. The van der Waals surface area contributed by atoms with Gasteiger partial charge in [0, 0.05) is 32.2 Å². The van der Waals surface area contributed by atoms with Gasteiger partial charge in [-0.15, -0.1) is 12.3 Å². The minimum absolute atomic E-state index is 0.0213. The molecule has 0 saturated heterocycles. The summed E-state index contributed by atoms with van der Waals surface area (Å²) in [7, 11) is 2.99. The summed E-state index contributed by atoms with van der Waals surface area (Å²) in [6.07, 6.45) is 5.99. The van der Waals surface area contributed by atoms with Crippen molar-refractivity contribution in [1.29, 1.82) is 5.26 Å². The van der Waals surface area contributed by atoms with Crippen molar-refractivity contribution in [3.05, 3.63) is 51.2 Å². The number of esters is 1. The molecular formula is C25H25ClN6O4. The first-order chi connectivity index (χ1) is 17.2. The number of methoxy groups -OCH3 is 1. The monoisotopic (exact) mass is 508 g/mol. The Labute approximate surface area is 212 Å².